The first-order chi connectivity index (χ1) is 11.7. The predicted octanol–water partition coefficient (Wildman–Crippen LogP) is 2.91. The molecule has 0 radical (unpaired) electrons. The summed E-state index contributed by atoms with van der Waals surface area (Å²) >= 11 is 0. The van der Waals surface area contributed by atoms with E-state index in [2.05, 4.69) is 22.4 Å². The van der Waals surface area contributed by atoms with Crippen LogP contribution in [0.5, 0.6) is 11.5 Å². The van der Waals surface area contributed by atoms with Crippen LogP contribution in [0.3, 0.4) is 0 Å². The molecule has 0 amide bonds. The molecule has 0 aliphatic rings. The summed E-state index contributed by atoms with van der Waals surface area (Å²) < 4.78 is 10.8. The van der Waals surface area contributed by atoms with Gasteiger partial charge in [0.1, 0.15) is 0 Å². The largest absolute Gasteiger partial charge is 0.493 e. The van der Waals surface area contributed by atoms with E-state index in [-0.39, 0.29) is 0 Å². The summed E-state index contributed by atoms with van der Waals surface area (Å²) in [6.45, 7) is 1.24. The quantitative estimate of drug-likeness (QED) is 0.654. The maximum atomic E-state index is 5.47. The second kappa shape index (κ2) is 8.82. The number of methoxy groups -OCH3 is 2. The third kappa shape index (κ3) is 4.65. The summed E-state index contributed by atoms with van der Waals surface area (Å²) in [6.07, 6.45) is 0. The second-order valence-corrected chi connectivity index (χ2v) is 5.53. The Hall–Kier alpha value is -2.69. The molecule has 0 saturated carbocycles. The molecule has 0 unspecified atom stereocenters. The van der Waals surface area contributed by atoms with Gasteiger partial charge in [-0.15, -0.1) is 0 Å². The lowest BCUT2D eigenvalue weighted by Gasteiger charge is -2.19. The second-order valence-electron chi connectivity index (χ2n) is 5.53. The molecule has 128 valence electrons. The normalized spacial score (nSPS) is 11.1. The van der Waals surface area contributed by atoms with Crippen LogP contribution in [0.2, 0.25) is 0 Å². The fourth-order valence-electron chi connectivity index (χ4n) is 2.37. The molecule has 0 heterocycles. The van der Waals surface area contributed by atoms with Crippen molar-refractivity contribution in [3.63, 3.8) is 0 Å². The maximum Gasteiger partial charge on any atom is 0.194 e. The van der Waals surface area contributed by atoms with E-state index in [0.717, 1.165) is 23.0 Å². The Balaban J connectivity index is 2.09. The standard InChI is InChI=1S/C19H25N3O2/c1-22(2)19(20-13-15-9-6-5-7-10-15)21-14-16-11-8-12-17(23-3)18(16)24-4/h5-12H,13-14H2,1-4H3,(H,20,21). The summed E-state index contributed by atoms with van der Waals surface area (Å²) in [6, 6.07) is 16.0. The number of nitrogens with one attached hydrogen (secondary N) is 1. The van der Waals surface area contributed by atoms with Crippen LogP contribution >= 0.6 is 0 Å². The number of rotatable bonds is 6. The highest BCUT2D eigenvalue weighted by Crippen LogP contribution is 2.30. The summed E-state index contributed by atoms with van der Waals surface area (Å²) in [7, 11) is 7.23. The number of hydrogen-bond acceptors (Lipinski definition) is 3. The molecule has 24 heavy (non-hydrogen) atoms. The molecule has 1 N–H and O–H groups in total. The van der Waals surface area contributed by atoms with Gasteiger partial charge in [0, 0.05) is 26.2 Å². The highest BCUT2D eigenvalue weighted by molar-refractivity contribution is 5.79. The fraction of sp³-hybridized carbons (Fsp3) is 0.316. The third-order valence-corrected chi connectivity index (χ3v) is 3.60. The van der Waals surface area contributed by atoms with Gasteiger partial charge in [-0.25, -0.2) is 4.99 Å². The van der Waals surface area contributed by atoms with Crippen LogP contribution in [-0.4, -0.2) is 39.2 Å². The minimum Gasteiger partial charge on any atom is -0.493 e. The average molecular weight is 327 g/mol. The number of guanidine groups is 1. The van der Waals surface area contributed by atoms with E-state index in [0.29, 0.717) is 13.1 Å². The molecule has 0 aliphatic carbocycles. The van der Waals surface area contributed by atoms with Crippen LogP contribution in [-0.2, 0) is 13.1 Å². The summed E-state index contributed by atoms with van der Waals surface area (Å²) in [4.78, 5) is 6.63. The maximum absolute atomic E-state index is 5.47. The van der Waals surface area contributed by atoms with Crippen molar-refractivity contribution in [3.05, 3.63) is 59.7 Å². The molecule has 2 aromatic rings. The van der Waals surface area contributed by atoms with E-state index in [1.54, 1.807) is 14.2 Å². The monoisotopic (exact) mass is 327 g/mol. The Bertz CT molecular complexity index is 670. The molecule has 2 rings (SSSR count). The highest BCUT2D eigenvalue weighted by Gasteiger charge is 2.10. The zero-order valence-electron chi connectivity index (χ0n) is 14.7. The van der Waals surface area contributed by atoms with Crippen molar-refractivity contribution in [1.29, 1.82) is 0 Å². The highest BCUT2D eigenvalue weighted by atomic mass is 16.5. The predicted molar refractivity (Wildman–Crippen MR) is 97.7 cm³/mol. The van der Waals surface area contributed by atoms with Gasteiger partial charge in [0.05, 0.1) is 20.8 Å². The number of ether oxygens (including phenoxy) is 2. The number of benzene rings is 2. The Morgan fingerprint density at radius 2 is 1.75 bits per heavy atom. The van der Waals surface area contributed by atoms with Gasteiger partial charge < -0.3 is 19.7 Å². The lowest BCUT2D eigenvalue weighted by atomic mass is 10.2. The summed E-state index contributed by atoms with van der Waals surface area (Å²) in [5, 5.41) is 3.37. The van der Waals surface area contributed by atoms with Gasteiger partial charge in [-0.1, -0.05) is 42.5 Å². The van der Waals surface area contributed by atoms with Crippen LogP contribution in [0.25, 0.3) is 0 Å². The van der Waals surface area contributed by atoms with Gasteiger partial charge in [0.25, 0.3) is 0 Å². The van der Waals surface area contributed by atoms with Crippen LogP contribution in [0.1, 0.15) is 11.1 Å². The summed E-state index contributed by atoms with van der Waals surface area (Å²) in [5.41, 5.74) is 2.20. The molecule has 0 atom stereocenters. The zero-order chi connectivity index (χ0) is 17.4. The van der Waals surface area contributed by atoms with Gasteiger partial charge in [-0.3, -0.25) is 0 Å². The molecule has 0 aromatic heterocycles. The van der Waals surface area contributed by atoms with E-state index < -0.39 is 0 Å². The zero-order valence-corrected chi connectivity index (χ0v) is 14.7. The topological polar surface area (TPSA) is 46.1 Å². The molecule has 0 fully saturated rings. The van der Waals surface area contributed by atoms with Crippen LogP contribution in [0, 0.1) is 0 Å². The Labute approximate surface area is 143 Å². The first-order valence-corrected chi connectivity index (χ1v) is 7.85. The smallest absolute Gasteiger partial charge is 0.194 e. The van der Waals surface area contributed by atoms with E-state index in [1.165, 1.54) is 5.56 Å². The van der Waals surface area contributed by atoms with Crippen molar-refractivity contribution in [3.8, 4) is 11.5 Å². The van der Waals surface area contributed by atoms with Crippen molar-refractivity contribution < 1.29 is 9.47 Å². The molecule has 5 heteroatoms. The third-order valence-electron chi connectivity index (χ3n) is 3.60. The summed E-state index contributed by atoms with van der Waals surface area (Å²) in [5.74, 6) is 2.29. The lowest BCUT2D eigenvalue weighted by molar-refractivity contribution is 0.351. The molecular formula is C19H25N3O2. The molecule has 0 spiro atoms. The van der Waals surface area contributed by atoms with Gasteiger partial charge >= 0.3 is 0 Å². The molecule has 5 nitrogen and oxygen atoms in total. The van der Waals surface area contributed by atoms with E-state index >= 15 is 0 Å². The molecular weight excluding hydrogens is 302 g/mol. The fourth-order valence-corrected chi connectivity index (χ4v) is 2.37. The first-order valence-electron chi connectivity index (χ1n) is 7.85. The van der Waals surface area contributed by atoms with Crippen molar-refractivity contribution in [2.45, 2.75) is 13.1 Å². The Morgan fingerprint density at radius 1 is 1.00 bits per heavy atom. The van der Waals surface area contributed by atoms with Crippen LogP contribution in [0.15, 0.2) is 53.5 Å². The number of nitrogens with zero attached hydrogens (tertiary/aromatic N) is 2. The van der Waals surface area contributed by atoms with Crippen molar-refractivity contribution >= 4 is 5.96 Å². The van der Waals surface area contributed by atoms with E-state index in [1.807, 2.05) is 55.4 Å². The molecule has 0 aliphatic heterocycles. The lowest BCUT2D eigenvalue weighted by Crippen LogP contribution is -2.36. The van der Waals surface area contributed by atoms with Crippen molar-refractivity contribution in [2.24, 2.45) is 4.99 Å². The minimum atomic E-state index is 0.603. The van der Waals surface area contributed by atoms with Crippen molar-refractivity contribution in [2.75, 3.05) is 28.3 Å². The van der Waals surface area contributed by atoms with Gasteiger partial charge in [-0.2, -0.15) is 0 Å². The van der Waals surface area contributed by atoms with Crippen molar-refractivity contribution in [1.82, 2.24) is 10.2 Å². The van der Waals surface area contributed by atoms with Crippen LogP contribution < -0.4 is 14.8 Å². The minimum absolute atomic E-state index is 0.603. The van der Waals surface area contributed by atoms with E-state index in [9.17, 15) is 0 Å². The molecule has 2 aromatic carbocycles. The Kier molecular flexibility index (Phi) is 6.49. The SMILES string of the molecule is COc1cccc(CNC(=NCc2ccccc2)N(C)C)c1OC. The molecule has 0 bridgehead atoms. The number of aliphatic imine (C=N–C) groups is 1. The van der Waals surface area contributed by atoms with Gasteiger partial charge in [-0.05, 0) is 11.6 Å². The Morgan fingerprint density at radius 3 is 2.38 bits per heavy atom. The van der Waals surface area contributed by atoms with Crippen LogP contribution in [0.4, 0.5) is 0 Å². The number of hydrogen-bond donors (Lipinski definition) is 1. The number of para-hydroxylation sites is 1. The first kappa shape index (κ1) is 17.7. The molecule has 0 saturated heterocycles. The van der Waals surface area contributed by atoms with Gasteiger partial charge in [0.15, 0.2) is 17.5 Å². The van der Waals surface area contributed by atoms with Gasteiger partial charge in [0.2, 0.25) is 0 Å². The average Bonchev–Trinajstić information content (AvgIpc) is 2.61. The van der Waals surface area contributed by atoms with E-state index in [4.69, 9.17) is 9.47 Å².